The number of anilines is 1. The van der Waals surface area contributed by atoms with Crippen molar-refractivity contribution in [3.05, 3.63) is 23.4 Å². The molecule has 2 rings (SSSR count). The highest BCUT2D eigenvalue weighted by Crippen LogP contribution is 2.20. The van der Waals surface area contributed by atoms with Gasteiger partial charge in [0.2, 0.25) is 0 Å². The zero-order valence-corrected chi connectivity index (χ0v) is 21.7. The van der Waals surface area contributed by atoms with Gasteiger partial charge in [-0.1, -0.05) is 6.07 Å². The molecule has 1 aromatic heterocycles. The van der Waals surface area contributed by atoms with Crippen LogP contribution in [0.5, 0.6) is 0 Å². The molecule has 36 heavy (non-hydrogen) atoms. The molecule has 0 spiro atoms. The van der Waals surface area contributed by atoms with Crippen LogP contribution in [0.15, 0.2) is 12.1 Å². The normalized spacial score (nSPS) is 15.2. The van der Waals surface area contributed by atoms with Crippen LogP contribution in [0.25, 0.3) is 0 Å². The molecule has 0 bridgehead atoms. The smallest absolute Gasteiger partial charge is 0.408 e. The van der Waals surface area contributed by atoms with Gasteiger partial charge in [0.1, 0.15) is 23.6 Å². The molecule has 1 aliphatic rings. The Hall–Kier alpha value is -2.53. The van der Waals surface area contributed by atoms with Crippen molar-refractivity contribution in [2.45, 2.75) is 83.5 Å². The maximum absolute atomic E-state index is 13.3. The molecular weight excluding hydrogens is 474 g/mol. The SMILES string of the molecule is COC(CN(CCCCc1ccc2c(n1)NCCC2)CC[C@H](NC(=O)OC(C)(C)C)C(=O)O)C(F)F. The Kier molecular flexibility index (Phi) is 11.8. The van der Waals surface area contributed by atoms with Crippen molar-refractivity contribution in [3.8, 4) is 0 Å². The lowest BCUT2D eigenvalue weighted by atomic mass is 10.1. The topological polar surface area (TPSA) is 113 Å². The minimum Gasteiger partial charge on any atom is -0.480 e. The van der Waals surface area contributed by atoms with Crippen LogP contribution in [0, 0.1) is 0 Å². The van der Waals surface area contributed by atoms with Crippen LogP contribution in [-0.2, 0) is 27.1 Å². The van der Waals surface area contributed by atoms with Gasteiger partial charge in [-0.15, -0.1) is 0 Å². The fraction of sp³-hybridized carbons (Fsp3) is 0.720. The second-order valence-corrected chi connectivity index (χ2v) is 10.0. The molecule has 9 nitrogen and oxygen atoms in total. The van der Waals surface area contributed by atoms with Gasteiger partial charge in [0.15, 0.2) is 0 Å². The number of carboxylic acids is 1. The van der Waals surface area contributed by atoms with Gasteiger partial charge in [0, 0.05) is 32.4 Å². The van der Waals surface area contributed by atoms with Gasteiger partial charge in [0.05, 0.1) is 0 Å². The highest BCUT2D eigenvalue weighted by Gasteiger charge is 2.27. The Morgan fingerprint density at radius 1 is 1.25 bits per heavy atom. The number of halogens is 2. The molecule has 1 amide bonds. The lowest BCUT2D eigenvalue weighted by Gasteiger charge is -2.28. The lowest BCUT2D eigenvalue weighted by molar-refractivity contribution is -0.139. The van der Waals surface area contributed by atoms with E-state index < -0.39 is 36.2 Å². The van der Waals surface area contributed by atoms with E-state index in [2.05, 4.69) is 21.7 Å². The second-order valence-electron chi connectivity index (χ2n) is 10.0. The minimum atomic E-state index is -2.67. The summed E-state index contributed by atoms with van der Waals surface area (Å²) in [6, 6.07) is 2.93. The number of aliphatic carboxylic acids is 1. The number of rotatable bonds is 14. The lowest BCUT2D eigenvalue weighted by Crippen LogP contribution is -2.46. The number of pyridine rings is 1. The van der Waals surface area contributed by atoms with E-state index in [4.69, 9.17) is 9.47 Å². The highest BCUT2D eigenvalue weighted by atomic mass is 19.3. The van der Waals surface area contributed by atoms with Gasteiger partial charge >= 0.3 is 12.1 Å². The molecule has 11 heteroatoms. The summed E-state index contributed by atoms with van der Waals surface area (Å²) in [5.74, 6) is -0.275. The van der Waals surface area contributed by atoms with Crippen LogP contribution in [0.4, 0.5) is 19.4 Å². The average molecular weight is 515 g/mol. The molecule has 204 valence electrons. The van der Waals surface area contributed by atoms with Crippen LogP contribution >= 0.6 is 0 Å². The molecule has 0 saturated heterocycles. The van der Waals surface area contributed by atoms with E-state index in [1.165, 1.54) is 12.7 Å². The van der Waals surface area contributed by atoms with E-state index in [-0.39, 0.29) is 19.5 Å². The molecule has 0 fully saturated rings. The van der Waals surface area contributed by atoms with Crippen molar-refractivity contribution in [1.29, 1.82) is 0 Å². The summed E-state index contributed by atoms with van der Waals surface area (Å²) in [5, 5.41) is 15.2. The quantitative estimate of drug-likeness (QED) is 0.322. The number of nitrogens with one attached hydrogen (secondary N) is 2. The third kappa shape index (κ3) is 10.6. The molecule has 3 N–H and O–H groups in total. The number of alkyl halides is 2. The predicted octanol–water partition coefficient (Wildman–Crippen LogP) is 3.71. The Balaban J connectivity index is 1.92. The van der Waals surface area contributed by atoms with Gasteiger partial charge in [-0.2, -0.15) is 0 Å². The number of alkyl carbamates (subject to hydrolysis) is 1. The number of carbonyl (C=O) groups is 2. The summed E-state index contributed by atoms with van der Waals surface area (Å²) in [6.07, 6.45) is -0.376. The number of amides is 1. The second kappa shape index (κ2) is 14.3. The van der Waals surface area contributed by atoms with Crippen molar-refractivity contribution >= 4 is 17.9 Å². The van der Waals surface area contributed by atoms with Gasteiger partial charge < -0.3 is 30.1 Å². The number of hydrogen-bond acceptors (Lipinski definition) is 7. The third-order valence-corrected chi connectivity index (χ3v) is 5.85. The van der Waals surface area contributed by atoms with E-state index in [9.17, 15) is 23.5 Å². The van der Waals surface area contributed by atoms with E-state index >= 15 is 0 Å². The zero-order valence-electron chi connectivity index (χ0n) is 21.7. The van der Waals surface area contributed by atoms with Gasteiger partial charge in [0.25, 0.3) is 6.43 Å². The zero-order chi connectivity index (χ0) is 26.7. The maximum Gasteiger partial charge on any atom is 0.408 e. The Morgan fingerprint density at radius 3 is 2.64 bits per heavy atom. The van der Waals surface area contributed by atoms with Gasteiger partial charge in [-0.05, 0) is 77.5 Å². The monoisotopic (exact) mass is 514 g/mol. The van der Waals surface area contributed by atoms with E-state index in [1.54, 1.807) is 25.7 Å². The van der Waals surface area contributed by atoms with Crippen LogP contribution in [-0.4, -0.2) is 84.5 Å². The number of fused-ring (bicyclic) bond motifs is 1. The largest absolute Gasteiger partial charge is 0.480 e. The molecule has 1 unspecified atom stereocenters. The van der Waals surface area contributed by atoms with E-state index in [1.807, 2.05) is 6.07 Å². The fourth-order valence-corrected chi connectivity index (χ4v) is 3.97. The number of aromatic nitrogens is 1. The number of aryl methyl sites for hydroxylation is 2. The van der Waals surface area contributed by atoms with Gasteiger partial charge in [-0.25, -0.2) is 23.4 Å². The number of carbonyl (C=O) groups excluding carboxylic acids is 1. The third-order valence-electron chi connectivity index (χ3n) is 5.85. The van der Waals surface area contributed by atoms with Crippen molar-refractivity contribution < 1.29 is 33.0 Å². The first-order valence-electron chi connectivity index (χ1n) is 12.5. The molecule has 1 aliphatic heterocycles. The van der Waals surface area contributed by atoms with Crippen LogP contribution in [0.3, 0.4) is 0 Å². The maximum atomic E-state index is 13.3. The summed E-state index contributed by atoms with van der Waals surface area (Å²) < 4.78 is 36.7. The van der Waals surface area contributed by atoms with Gasteiger partial charge in [-0.3, -0.25) is 0 Å². The summed E-state index contributed by atoms with van der Waals surface area (Å²) in [4.78, 5) is 30.1. The number of nitrogens with zero attached hydrogens (tertiary/aromatic N) is 2. The first-order valence-corrected chi connectivity index (χ1v) is 12.5. The summed E-state index contributed by atoms with van der Waals surface area (Å²) in [5.41, 5.74) is 1.43. The molecule has 0 aliphatic carbocycles. The Morgan fingerprint density at radius 2 is 2.00 bits per heavy atom. The molecule has 0 aromatic carbocycles. The molecule has 2 atom stereocenters. The Bertz CT molecular complexity index is 850. The van der Waals surface area contributed by atoms with Crippen molar-refractivity contribution in [3.63, 3.8) is 0 Å². The number of carboxylic acid groups (broad SMARTS) is 1. The first-order chi connectivity index (χ1) is 17.0. The van der Waals surface area contributed by atoms with Crippen LogP contribution < -0.4 is 10.6 Å². The summed E-state index contributed by atoms with van der Waals surface area (Å²) in [6.45, 7) is 6.58. The van der Waals surface area contributed by atoms with Crippen molar-refractivity contribution in [2.24, 2.45) is 0 Å². The van der Waals surface area contributed by atoms with E-state index in [0.717, 1.165) is 43.7 Å². The number of unbranched alkanes of at least 4 members (excludes halogenated alkanes) is 1. The average Bonchev–Trinajstić information content (AvgIpc) is 2.80. The summed E-state index contributed by atoms with van der Waals surface area (Å²) in [7, 11) is 1.23. The first kappa shape index (κ1) is 29.7. The molecule has 1 aromatic rings. The van der Waals surface area contributed by atoms with Crippen LogP contribution in [0.1, 0.15) is 57.7 Å². The highest BCUT2D eigenvalue weighted by molar-refractivity contribution is 5.80. The molecular formula is C25H40F2N4O5. The van der Waals surface area contributed by atoms with Crippen molar-refractivity contribution in [1.82, 2.24) is 15.2 Å². The van der Waals surface area contributed by atoms with E-state index in [0.29, 0.717) is 13.0 Å². The van der Waals surface area contributed by atoms with Crippen molar-refractivity contribution in [2.75, 3.05) is 38.6 Å². The number of hydrogen-bond donors (Lipinski definition) is 3. The molecule has 2 heterocycles. The minimum absolute atomic E-state index is 0.0340. The fourth-order valence-electron chi connectivity index (χ4n) is 3.97. The molecule has 0 saturated carbocycles. The predicted molar refractivity (Wildman–Crippen MR) is 133 cm³/mol. The summed E-state index contributed by atoms with van der Waals surface area (Å²) >= 11 is 0. The standard InChI is InChI=1S/C25H40F2N4O5/c1-25(2,3)36-24(34)30-19(23(32)33)12-15-31(16-20(35-4)21(26)27)14-6-5-9-18-11-10-17-8-7-13-28-22(17)29-18/h10-11,19-21H,5-9,12-16H2,1-4H3,(H,28,29)(H,30,34)(H,32,33)/t19-,20?/m0/s1. The van der Waals surface area contributed by atoms with Crippen LogP contribution in [0.2, 0.25) is 0 Å². The Labute approximate surface area is 211 Å². The number of methoxy groups -OCH3 is 1. The molecule has 0 radical (unpaired) electrons. The number of ether oxygens (including phenoxy) is 2.